The van der Waals surface area contributed by atoms with Gasteiger partial charge in [-0.1, -0.05) is 26.8 Å². The van der Waals surface area contributed by atoms with Crippen LogP contribution in [0.2, 0.25) is 0 Å². The molecule has 0 aromatic heterocycles. The highest BCUT2D eigenvalue weighted by Gasteiger charge is 2.81. The second-order valence-electron chi connectivity index (χ2n) is 13.8. The summed E-state index contributed by atoms with van der Waals surface area (Å²) in [6, 6.07) is 0. The Morgan fingerprint density at radius 2 is 1.49 bits per heavy atom. The van der Waals surface area contributed by atoms with Crippen molar-refractivity contribution in [2.45, 2.75) is 110 Å². The van der Waals surface area contributed by atoms with E-state index in [1.54, 1.807) is 20.8 Å². The lowest BCUT2D eigenvalue weighted by molar-refractivity contribution is -0.279. The molecule has 0 unspecified atom stereocenters. The van der Waals surface area contributed by atoms with E-state index in [-0.39, 0.29) is 25.6 Å². The van der Waals surface area contributed by atoms with E-state index in [1.807, 2.05) is 0 Å². The fourth-order valence-corrected chi connectivity index (χ4v) is 7.61. The van der Waals surface area contributed by atoms with Crippen LogP contribution in [0.5, 0.6) is 0 Å². The number of fused-ring (bicyclic) bond motifs is 3. The normalized spacial score (nSPS) is 39.7. The van der Waals surface area contributed by atoms with Gasteiger partial charge in [-0.25, -0.2) is 0 Å². The molecule has 49 heavy (non-hydrogen) atoms. The van der Waals surface area contributed by atoms with Gasteiger partial charge in [0.05, 0.1) is 24.5 Å². The van der Waals surface area contributed by atoms with E-state index in [0.29, 0.717) is 5.57 Å². The minimum absolute atomic E-state index is 0.0510. The maximum Gasteiger partial charge on any atom is 0.312 e. The Bertz CT molecular complexity index is 1410. The lowest BCUT2D eigenvalue weighted by atomic mass is 9.51. The van der Waals surface area contributed by atoms with Crippen LogP contribution in [0.1, 0.15) is 61.8 Å². The number of hydrogen-bond donors (Lipinski definition) is 1. The van der Waals surface area contributed by atoms with Gasteiger partial charge in [-0.05, 0) is 30.6 Å². The van der Waals surface area contributed by atoms with Gasteiger partial charge in [-0.15, -0.1) is 0 Å². The highest BCUT2D eigenvalue weighted by atomic mass is 16.7. The van der Waals surface area contributed by atoms with Crippen LogP contribution in [0.15, 0.2) is 23.8 Å². The third-order valence-corrected chi connectivity index (χ3v) is 9.66. The molecular weight excluding hydrogens is 648 g/mol. The average molecular weight is 695 g/mol. The van der Waals surface area contributed by atoms with E-state index in [0.717, 1.165) is 27.7 Å². The van der Waals surface area contributed by atoms with Crippen molar-refractivity contribution < 1.29 is 71.8 Å². The summed E-state index contributed by atoms with van der Waals surface area (Å²) in [5, 5.41) is 12.8. The molecule has 0 aromatic rings. The molecule has 1 spiro atoms. The van der Waals surface area contributed by atoms with Crippen LogP contribution in [0.4, 0.5) is 0 Å². The zero-order valence-electron chi connectivity index (χ0n) is 29.2. The highest BCUT2D eigenvalue weighted by molar-refractivity contribution is 5.78. The van der Waals surface area contributed by atoms with E-state index < -0.39 is 101 Å². The van der Waals surface area contributed by atoms with Gasteiger partial charge in [-0.2, -0.15) is 0 Å². The summed E-state index contributed by atoms with van der Waals surface area (Å²) in [4.78, 5) is 78.0. The summed E-state index contributed by atoms with van der Waals surface area (Å²) in [5.74, 6) is -7.72. The topological polar surface area (TPSA) is 200 Å². The molecule has 2 saturated heterocycles. The molecule has 4 aliphatic rings. The van der Waals surface area contributed by atoms with Crippen molar-refractivity contribution in [2.75, 3.05) is 20.3 Å². The van der Waals surface area contributed by atoms with Crippen molar-refractivity contribution in [1.29, 1.82) is 0 Å². The number of ether oxygens (including phenoxy) is 8. The van der Waals surface area contributed by atoms with Crippen LogP contribution in [-0.4, -0.2) is 109 Å². The second kappa shape index (κ2) is 14.2. The lowest BCUT2D eigenvalue weighted by Crippen LogP contribution is -2.76. The number of carbonyl (C=O) groups excluding carboxylic acids is 6. The van der Waals surface area contributed by atoms with Crippen LogP contribution in [0.3, 0.4) is 0 Å². The Labute approximate surface area is 284 Å². The number of rotatable bonds is 9. The number of esters is 6. The Morgan fingerprint density at radius 1 is 0.918 bits per heavy atom. The quantitative estimate of drug-likeness (QED) is 0.207. The number of aliphatic hydroxyl groups is 1. The van der Waals surface area contributed by atoms with Gasteiger partial charge in [0.25, 0.3) is 0 Å². The van der Waals surface area contributed by atoms with E-state index in [1.165, 1.54) is 32.3 Å². The smallest absolute Gasteiger partial charge is 0.312 e. The van der Waals surface area contributed by atoms with Gasteiger partial charge in [0.2, 0.25) is 0 Å². The Balaban J connectivity index is 2.17. The van der Waals surface area contributed by atoms with E-state index in [9.17, 15) is 33.9 Å². The van der Waals surface area contributed by atoms with Crippen molar-refractivity contribution in [1.82, 2.24) is 0 Å². The second-order valence-corrected chi connectivity index (χ2v) is 13.8. The maximum atomic E-state index is 13.6. The zero-order chi connectivity index (χ0) is 36.6. The highest BCUT2D eigenvalue weighted by Crippen LogP contribution is 2.63. The van der Waals surface area contributed by atoms with Gasteiger partial charge in [0.1, 0.15) is 17.8 Å². The summed E-state index contributed by atoms with van der Waals surface area (Å²) in [6.07, 6.45) is -4.79. The van der Waals surface area contributed by atoms with Crippen LogP contribution in [0.25, 0.3) is 0 Å². The lowest BCUT2D eigenvalue weighted by Gasteiger charge is -2.59. The van der Waals surface area contributed by atoms with Crippen molar-refractivity contribution in [3.05, 3.63) is 23.8 Å². The molecule has 4 rings (SSSR count). The third kappa shape index (κ3) is 7.11. The predicted octanol–water partition coefficient (Wildman–Crippen LogP) is 1.51. The molecule has 2 aliphatic carbocycles. The number of carbonyl (C=O) groups is 6. The maximum absolute atomic E-state index is 13.6. The molecule has 11 atom stereocenters. The monoisotopic (exact) mass is 694 g/mol. The molecule has 2 aliphatic heterocycles. The van der Waals surface area contributed by atoms with Crippen LogP contribution in [-0.2, 0) is 66.7 Å². The van der Waals surface area contributed by atoms with Gasteiger partial charge < -0.3 is 43.0 Å². The summed E-state index contributed by atoms with van der Waals surface area (Å²) in [7, 11) is 1.42. The van der Waals surface area contributed by atoms with Crippen molar-refractivity contribution in [2.24, 2.45) is 23.2 Å². The molecule has 0 radical (unpaired) electrons. The predicted molar refractivity (Wildman–Crippen MR) is 165 cm³/mol. The SMILES string of the molecule is COCC1=C/[C@@H]2OC(=O)[C@H](C)[C@@]2(O)[C@@H](OC(C)=O)[C@H]2[C@@]3(CO3)[C@H](OC(C)=O)[C@H](OC(C)=O)[C@H](OC(=O)CC(C)C)[C@]2(C)[C@@H](OC(C)=O)/C=C\1. The Kier molecular flexibility index (Phi) is 11.0. The minimum atomic E-state index is -2.33. The zero-order valence-corrected chi connectivity index (χ0v) is 29.2. The first kappa shape index (κ1) is 38.0. The summed E-state index contributed by atoms with van der Waals surface area (Å²) < 4.78 is 46.9. The summed E-state index contributed by atoms with van der Waals surface area (Å²) in [5.41, 5.74) is -5.48. The third-order valence-electron chi connectivity index (χ3n) is 9.66. The molecule has 1 N–H and O–H groups in total. The van der Waals surface area contributed by atoms with E-state index in [2.05, 4.69) is 0 Å². The molecular formula is C34H46O15. The molecule has 15 heteroatoms. The minimum Gasteiger partial charge on any atom is -0.459 e. The van der Waals surface area contributed by atoms with Crippen molar-refractivity contribution in [3.8, 4) is 0 Å². The fourth-order valence-electron chi connectivity index (χ4n) is 7.61. The molecule has 0 aromatic carbocycles. The van der Waals surface area contributed by atoms with Crippen molar-refractivity contribution in [3.63, 3.8) is 0 Å². The molecule has 272 valence electrons. The Morgan fingerprint density at radius 3 is 2.00 bits per heavy atom. The first-order valence-corrected chi connectivity index (χ1v) is 16.2. The standard InChI is InChI=1S/C34H46O15/c1-16(2)12-25(39)49-28-26(45-19(5)36)29(46-20(6)37)33(15-43-33)27-30(47-21(7)38)34(41)17(3)31(40)48-24(34)13-22(14-42-9)10-11-23(32(27,28)8)44-18(4)35/h10-11,13,16-17,23-24,26-30,41H,12,14-15H2,1-9H3/b11-10-,22-13+/t17-,23-,24-,26+,27+,28-,29+,30-,32+,33-,34-/m0/s1. The molecule has 2 heterocycles. The molecule has 1 saturated carbocycles. The van der Waals surface area contributed by atoms with Gasteiger partial charge in [0.15, 0.2) is 30.0 Å². The van der Waals surface area contributed by atoms with Crippen LogP contribution >= 0.6 is 0 Å². The summed E-state index contributed by atoms with van der Waals surface area (Å²) >= 11 is 0. The first-order valence-electron chi connectivity index (χ1n) is 16.2. The molecule has 0 amide bonds. The molecule has 0 bridgehead atoms. The first-order chi connectivity index (χ1) is 22.8. The van der Waals surface area contributed by atoms with Crippen molar-refractivity contribution >= 4 is 35.8 Å². The number of epoxide rings is 1. The van der Waals surface area contributed by atoms with Gasteiger partial charge in [0, 0.05) is 47.1 Å². The summed E-state index contributed by atoms with van der Waals surface area (Å²) in [6.45, 7) is 10.8. The number of methoxy groups -OCH3 is 1. The molecule has 3 fully saturated rings. The van der Waals surface area contributed by atoms with E-state index in [4.69, 9.17) is 37.9 Å². The largest absolute Gasteiger partial charge is 0.459 e. The van der Waals surface area contributed by atoms with Gasteiger partial charge in [-0.3, -0.25) is 28.8 Å². The van der Waals surface area contributed by atoms with E-state index >= 15 is 0 Å². The van der Waals surface area contributed by atoms with Crippen LogP contribution in [0, 0.1) is 23.2 Å². The Hall–Kier alpha value is -3.82. The fraction of sp³-hybridized carbons (Fsp3) is 0.706. The average Bonchev–Trinajstić information content (AvgIpc) is 3.72. The van der Waals surface area contributed by atoms with Crippen LogP contribution < -0.4 is 0 Å². The molecule has 15 nitrogen and oxygen atoms in total. The van der Waals surface area contributed by atoms with Gasteiger partial charge >= 0.3 is 35.8 Å². The number of hydrogen-bond acceptors (Lipinski definition) is 15.